The number of aryl methyl sites for hydroxylation is 1. The normalized spacial score (nSPS) is 24.0. The SMILES string of the molecule is Cc1cccc(C2CNNC2C2CCN(C(=O)c3ccccn3)CC2)c1. The van der Waals surface area contributed by atoms with Gasteiger partial charge in [0.15, 0.2) is 0 Å². The fraction of sp³-hybridized carbons (Fsp3) is 0.429. The minimum Gasteiger partial charge on any atom is -0.337 e. The lowest BCUT2D eigenvalue weighted by Crippen LogP contribution is -2.46. The highest BCUT2D eigenvalue weighted by Gasteiger charge is 2.37. The van der Waals surface area contributed by atoms with Crippen LogP contribution in [0.25, 0.3) is 0 Å². The first-order valence-corrected chi connectivity index (χ1v) is 9.47. The van der Waals surface area contributed by atoms with E-state index in [-0.39, 0.29) is 5.91 Å². The fourth-order valence-corrected chi connectivity index (χ4v) is 4.30. The van der Waals surface area contributed by atoms with Crippen molar-refractivity contribution in [2.24, 2.45) is 5.92 Å². The van der Waals surface area contributed by atoms with Crippen LogP contribution in [0.1, 0.15) is 40.4 Å². The Hall–Kier alpha value is -2.24. The maximum absolute atomic E-state index is 12.6. The molecule has 0 bridgehead atoms. The monoisotopic (exact) mass is 350 g/mol. The molecule has 2 aliphatic heterocycles. The van der Waals surface area contributed by atoms with Crippen LogP contribution in [0.5, 0.6) is 0 Å². The molecule has 2 fully saturated rings. The van der Waals surface area contributed by atoms with Crippen molar-refractivity contribution in [3.63, 3.8) is 0 Å². The van der Waals surface area contributed by atoms with Crippen molar-refractivity contribution in [1.29, 1.82) is 0 Å². The Balaban J connectivity index is 1.40. The topological polar surface area (TPSA) is 57.3 Å². The van der Waals surface area contributed by atoms with Gasteiger partial charge in [-0.2, -0.15) is 0 Å². The number of hydrogen-bond acceptors (Lipinski definition) is 4. The van der Waals surface area contributed by atoms with Crippen molar-refractivity contribution in [1.82, 2.24) is 20.7 Å². The number of pyridine rings is 1. The molecular weight excluding hydrogens is 324 g/mol. The van der Waals surface area contributed by atoms with Gasteiger partial charge in [0.2, 0.25) is 0 Å². The van der Waals surface area contributed by atoms with E-state index in [1.54, 1.807) is 12.3 Å². The minimum absolute atomic E-state index is 0.0526. The highest BCUT2D eigenvalue weighted by Crippen LogP contribution is 2.32. The quantitative estimate of drug-likeness (QED) is 0.893. The van der Waals surface area contributed by atoms with Crippen molar-refractivity contribution in [3.8, 4) is 0 Å². The number of nitrogens with one attached hydrogen (secondary N) is 2. The smallest absolute Gasteiger partial charge is 0.272 e. The lowest BCUT2D eigenvalue weighted by atomic mass is 9.80. The number of amides is 1. The summed E-state index contributed by atoms with van der Waals surface area (Å²) in [6.45, 7) is 4.72. The number of rotatable bonds is 3. The summed E-state index contributed by atoms with van der Waals surface area (Å²) in [5, 5.41) is 0. The fourth-order valence-electron chi connectivity index (χ4n) is 4.30. The number of nitrogens with zero attached hydrogens (tertiary/aromatic N) is 2. The number of hydrogen-bond donors (Lipinski definition) is 2. The van der Waals surface area contributed by atoms with Crippen LogP contribution in [0.4, 0.5) is 0 Å². The molecule has 3 heterocycles. The van der Waals surface area contributed by atoms with Crippen molar-refractivity contribution >= 4 is 5.91 Å². The van der Waals surface area contributed by atoms with Gasteiger partial charge in [-0.05, 0) is 43.4 Å². The summed E-state index contributed by atoms with van der Waals surface area (Å²) in [5.41, 5.74) is 10.1. The molecule has 2 N–H and O–H groups in total. The molecule has 2 aromatic rings. The van der Waals surface area contributed by atoms with E-state index in [2.05, 4.69) is 47.0 Å². The Kier molecular flexibility index (Phi) is 5.00. The van der Waals surface area contributed by atoms with Crippen molar-refractivity contribution < 1.29 is 4.79 Å². The number of carbonyl (C=O) groups is 1. The zero-order chi connectivity index (χ0) is 17.9. The summed E-state index contributed by atoms with van der Waals surface area (Å²) in [5.74, 6) is 1.11. The lowest BCUT2D eigenvalue weighted by Gasteiger charge is -2.36. The second kappa shape index (κ2) is 7.56. The second-order valence-corrected chi connectivity index (χ2v) is 7.42. The number of carbonyl (C=O) groups excluding carboxylic acids is 1. The highest BCUT2D eigenvalue weighted by molar-refractivity contribution is 5.92. The van der Waals surface area contributed by atoms with E-state index in [1.165, 1.54) is 11.1 Å². The molecule has 5 heteroatoms. The van der Waals surface area contributed by atoms with E-state index in [0.29, 0.717) is 23.6 Å². The summed E-state index contributed by atoms with van der Waals surface area (Å²) in [6, 6.07) is 14.8. The van der Waals surface area contributed by atoms with Crippen molar-refractivity contribution in [3.05, 3.63) is 65.5 Å². The summed E-state index contributed by atoms with van der Waals surface area (Å²) >= 11 is 0. The molecule has 0 aliphatic carbocycles. The van der Waals surface area contributed by atoms with Crippen LogP contribution in [0, 0.1) is 12.8 Å². The van der Waals surface area contributed by atoms with E-state index in [9.17, 15) is 4.79 Å². The number of benzene rings is 1. The molecule has 2 saturated heterocycles. The van der Waals surface area contributed by atoms with Crippen LogP contribution in [0.15, 0.2) is 48.7 Å². The summed E-state index contributed by atoms with van der Waals surface area (Å²) in [7, 11) is 0. The molecule has 2 aliphatic rings. The average molecular weight is 350 g/mol. The third-order valence-electron chi connectivity index (χ3n) is 5.71. The molecule has 0 spiro atoms. The van der Waals surface area contributed by atoms with Gasteiger partial charge in [-0.25, -0.2) is 0 Å². The van der Waals surface area contributed by atoms with Gasteiger partial charge < -0.3 is 4.90 Å². The molecule has 1 aromatic carbocycles. The maximum Gasteiger partial charge on any atom is 0.272 e. The number of aromatic nitrogens is 1. The van der Waals surface area contributed by atoms with E-state index < -0.39 is 0 Å². The van der Waals surface area contributed by atoms with Gasteiger partial charge >= 0.3 is 0 Å². The third-order valence-corrected chi connectivity index (χ3v) is 5.71. The molecule has 1 aromatic heterocycles. The molecular formula is C21H26N4O. The van der Waals surface area contributed by atoms with E-state index >= 15 is 0 Å². The molecule has 0 saturated carbocycles. The van der Waals surface area contributed by atoms with Crippen LogP contribution < -0.4 is 10.9 Å². The summed E-state index contributed by atoms with van der Waals surface area (Å²) < 4.78 is 0. The van der Waals surface area contributed by atoms with Crippen LogP contribution in [-0.4, -0.2) is 41.5 Å². The second-order valence-electron chi connectivity index (χ2n) is 7.42. The van der Waals surface area contributed by atoms with Crippen LogP contribution in [0.2, 0.25) is 0 Å². The van der Waals surface area contributed by atoms with E-state index in [0.717, 1.165) is 32.5 Å². The molecule has 26 heavy (non-hydrogen) atoms. The van der Waals surface area contributed by atoms with E-state index in [1.807, 2.05) is 17.0 Å². The van der Waals surface area contributed by atoms with Gasteiger partial charge in [0, 0.05) is 37.8 Å². The zero-order valence-electron chi connectivity index (χ0n) is 15.2. The lowest BCUT2D eigenvalue weighted by molar-refractivity contribution is 0.0664. The number of piperidine rings is 1. The molecule has 2 atom stereocenters. The van der Waals surface area contributed by atoms with Crippen LogP contribution in [-0.2, 0) is 0 Å². The first-order valence-electron chi connectivity index (χ1n) is 9.47. The molecule has 4 rings (SSSR count). The van der Waals surface area contributed by atoms with Crippen molar-refractivity contribution in [2.45, 2.75) is 31.7 Å². The van der Waals surface area contributed by atoms with Gasteiger partial charge in [-0.1, -0.05) is 35.9 Å². The van der Waals surface area contributed by atoms with Crippen LogP contribution >= 0.6 is 0 Å². The first-order chi connectivity index (χ1) is 12.7. The zero-order valence-corrected chi connectivity index (χ0v) is 15.2. The standard InChI is InChI=1S/C21H26N4O/c1-15-5-4-6-17(13-15)18-14-23-24-20(18)16-8-11-25(12-9-16)21(26)19-7-2-3-10-22-19/h2-7,10,13,16,18,20,23-24H,8-9,11-12,14H2,1H3. The predicted molar refractivity (Wildman–Crippen MR) is 102 cm³/mol. The molecule has 0 radical (unpaired) electrons. The number of hydrazine groups is 1. The molecule has 2 unspecified atom stereocenters. The van der Waals surface area contributed by atoms with Crippen molar-refractivity contribution in [2.75, 3.05) is 19.6 Å². The molecule has 136 valence electrons. The van der Waals surface area contributed by atoms with Crippen LogP contribution in [0.3, 0.4) is 0 Å². The summed E-state index contributed by atoms with van der Waals surface area (Å²) in [6.07, 6.45) is 3.74. The predicted octanol–water partition coefficient (Wildman–Crippen LogP) is 2.50. The van der Waals surface area contributed by atoms with Gasteiger partial charge in [0.25, 0.3) is 5.91 Å². The Labute approximate surface area is 154 Å². The Morgan fingerprint density at radius 3 is 2.73 bits per heavy atom. The largest absolute Gasteiger partial charge is 0.337 e. The molecule has 1 amide bonds. The average Bonchev–Trinajstić information content (AvgIpc) is 3.18. The highest BCUT2D eigenvalue weighted by atomic mass is 16.2. The molecule has 5 nitrogen and oxygen atoms in total. The third kappa shape index (κ3) is 3.50. The summed E-state index contributed by atoms with van der Waals surface area (Å²) in [4.78, 5) is 18.7. The Morgan fingerprint density at radius 2 is 2.00 bits per heavy atom. The van der Waals surface area contributed by atoms with Gasteiger partial charge in [0.05, 0.1) is 0 Å². The van der Waals surface area contributed by atoms with Gasteiger partial charge in [-0.3, -0.25) is 20.6 Å². The Morgan fingerprint density at radius 1 is 1.15 bits per heavy atom. The van der Waals surface area contributed by atoms with Gasteiger partial charge in [0.1, 0.15) is 5.69 Å². The number of likely N-dealkylation sites (tertiary alicyclic amines) is 1. The van der Waals surface area contributed by atoms with Gasteiger partial charge in [-0.15, -0.1) is 0 Å². The minimum atomic E-state index is 0.0526. The van der Waals surface area contributed by atoms with E-state index in [4.69, 9.17) is 0 Å². The Bertz CT molecular complexity index is 756. The first kappa shape index (κ1) is 17.2. The maximum atomic E-state index is 12.6.